The summed E-state index contributed by atoms with van der Waals surface area (Å²) in [6.07, 6.45) is 4.92. The maximum absolute atomic E-state index is 12.6. The molecule has 2 saturated heterocycles. The number of nitrogens with zero attached hydrogens (tertiary/aromatic N) is 3. The second-order valence-electron chi connectivity index (χ2n) is 6.74. The van der Waals surface area contributed by atoms with Crippen LogP contribution < -0.4 is 5.32 Å². The molecule has 0 radical (unpaired) electrons. The fraction of sp³-hybridized carbons (Fsp3) is 0.500. The van der Waals surface area contributed by atoms with Crippen LogP contribution in [0.2, 0.25) is 0 Å². The van der Waals surface area contributed by atoms with E-state index in [0.29, 0.717) is 24.6 Å². The molecule has 7 nitrogen and oxygen atoms in total. The van der Waals surface area contributed by atoms with Gasteiger partial charge in [0.05, 0.1) is 23.7 Å². The number of carbonyl (C=O) groups is 1. The van der Waals surface area contributed by atoms with E-state index in [1.807, 2.05) is 6.07 Å². The lowest BCUT2D eigenvalue weighted by Gasteiger charge is -2.34. The summed E-state index contributed by atoms with van der Waals surface area (Å²) in [6.45, 7) is 2.47. The van der Waals surface area contributed by atoms with Crippen LogP contribution in [0.15, 0.2) is 30.6 Å². The Hall–Kier alpha value is -2.09. The van der Waals surface area contributed by atoms with Crippen molar-refractivity contribution in [1.82, 2.24) is 20.2 Å². The molecule has 7 heteroatoms. The van der Waals surface area contributed by atoms with Gasteiger partial charge in [-0.15, -0.1) is 0 Å². The zero-order valence-electron chi connectivity index (χ0n) is 14.0. The van der Waals surface area contributed by atoms with Crippen LogP contribution in [0, 0.1) is 0 Å². The van der Waals surface area contributed by atoms with Crippen LogP contribution in [0.5, 0.6) is 0 Å². The number of carbonyl (C=O) groups excluding carboxylic acids is 1. The molecule has 0 unspecified atom stereocenters. The summed E-state index contributed by atoms with van der Waals surface area (Å²) in [7, 11) is 0. The minimum atomic E-state index is -0.0785. The predicted molar refractivity (Wildman–Crippen MR) is 92.2 cm³/mol. The third-order valence-corrected chi connectivity index (χ3v) is 5.01. The second-order valence-corrected chi connectivity index (χ2v) is 6.74. The lowest BCUT2D eigenvalue weighted by molar-refractivity contribution is -0.0566. The van der Waals surface area contributed by atoms with Gasteiger partial charge in [0, 0.05) is 49.7 Å². The van der Waals surface area contributed by atoms with Crippen LogP contribution in [0.1, 0.15) is 23.2 Å². The number of aliphatic hydroxyl groups is 1. The van der Waals surface area contributed by atoms with Crippen LogP contribution in [0.4, 0.5) is 0 Å². The standard InChI is InChI=1S/C18H22N4O3/c23-6-3-15-10-22-9-13(8-14(22)11-25-15)21-18(24)12-1-2-16-17(7-12)20-5-4-19-16/h1-2,4-5,7,13-15,23H,3,6,8-11H2,(H,21,24)/t13-,14-,15-/m0/s1. The smallest absolute Gasteiger partial charge is 0.251 e. The van der Waals surface area contributed by atoms with Crippen molar-refractivity contribution >= 4 is 16.9 Å². The highest BCUT2D eigenvalue weighted by Crippen LogP contribution is 2.24. The van der Waals surface area contributed by atoms with Gasteiger partial charge in [0.2, 0.25) is 0 Å². The monoisotopic (exact) mass is 342 g/mol. The number of ether oxygens (including phenoxy) is 1. The molecule has 3 heterocycles. The highest BCUT2D eigenvalue weighted by molar-refractivity contribution is 5.97. The van der Waals surface area contributed by atoms with Gasteiger partial charge in [0.15, 0.2) is 0 Å². The number of aromatic nitrogens is 2. The summed E-state index contributed by atoms with van der Waals surface area (Å²) in [6, 6.07) is 5.85. The van der Waals surface area contributed by atoms with Gasteiger partial charge in [0.25, 0.3) is 5.91 Å². The molecule has 3 atom stereocenters. The number of fused-ring (bicyclic) bond motifs is 2. The zero-order chi connectivity index (χ0) is 17.2. The normalized spacial score (nSPS) is 26.5. The van der Waals surface area contributed by atoms with Crippen molar-refractivity contribution in [3.05, 3.63) is 36.2 Å². The summed E-state index contributed by atoms with van der Waals surface area (Å²) in [5.41, 5.74) is 2.11. The van der Waals surface area contributed by atoms with E-state index in [1.54, 1.807) is 24.5 Å². The van der Waals surface area contributed by atoms with E-state index in [1.165, 1.54) is 0 Å². The quantitative estimate of drug-likeness (QED) is 0.845. The first kappa shape index (κ1) is 16.4. The zero-order valence-corrected chi connectivity index (χ0v) is 14.0. The Bertz CT molecular complexity index is 769. The summed E-state index contributed by atoms with van der Waals surface area (Å²) >= 11 is 0. The molecule has 2 aromatic rings. The maximum atomic E-state index is 12.6. The van der Waals surface area contributed by atoms with Gasteiger partial charge in [-0.3, -0.25) is 19.7 Å². The molecule has 132 valence electrons. The number of amides is 1. The highest BCUT2D eigenvalue weighted by atomic mass is 16.5. The third kappa shape index (κ3) is 3.49. The van der Waals surface area contributed by atoms with Gasteiger partial charge in [-0.25, -0.2) is 0 Å². The second kappa shape index (κ2) is 7.03. The Morgan fingerprint density at radius 2 is 2.12 bits per heavy atom. The molecule has 0 spiro atoms. The Labute approximate surface area is 146 Å². The molecule has 1 aromatic heterocycles. The predicted octanol–water partition coefficient (Wildman–Crippen LogP) is 0.584. The van der Waals surface area contributed by atoms with Gasteiger partial charge in [-0.1, -0.05) is 0 Å². The van der Waals surface area contributed by atoms with Crippen LogP contribution in [-0.2, 0) is 4.74 Å². The topological polar surface area (TPSA) is 87.6 Å². The van der Waals surface area contributed by atoms with Crippen molar-refractivity contribution < 1.29 is 14.6 Å². The van der Waals surface area contributed by atoms with Crippen LogP contribution in [0.25, 0.3) is 11.0 Å². The average Bonchev–Trinajstić information content (AvgIpc) is 3.03. The molecular weight excluding hydrogens is 320 g/mol. The van der Waals surface area contributed by atoms with Gasteiger partial charge in [-0.05, 0) is 31.0 Å². The van der Waals surface area contributed by atoms with Crippen LogP contribution >= 0.6 is 0 Å². The summed E-state index contributed by atoms with van der Waals surface area (Å²) in [4.78, 5) is 23.4. The fourth-order valence-electron chi connectivity index (χ4n) is 3.74. The Morgan fingerprint density at radius 1 is 1.28 bits per heavy atom. The molecule has 2 fully saturated rings. The number of morpholine rings is 1. The van der Waals surface area contributed by atoms with E-state index < -0.39 is 0 Å². The van der Waals surface area contributed by atoms with E-state index in [-0.39, 0.29) is 24.7 Å². The molecule has 2 aliphatic heterocycles. The first-order valence-corrected chi connectivity index (χ1v) is 8.71. The Kier molecular flexibility index (Phi) is 4.61. The number of benzene rings is 1. The van der Waals surface area contributed by atoms with E-state index >= 15 is 0 Å². The van der Waals surface area contributed by atoms with E-state index in [4.69, 9.17) is 9.84 Å². The van der Waals surface area contributed by atoms with Crippen LogP contribution in [-0.4, -0.2) is 70.4 Å². The van der Waals surface area contributed by atoms with Crippen molar-refractivity contribution in [3.8, 4) is 0 Å². The lowest BCUT2D eigenvalue weighted by atomic mass is 10.1. The van der Waals surface area contributed by atoms with E-state index in [0.717, 1.165) is 30.5 Å². The highest BCUT2D eigenvalue weighted by Gasteiger charge is 2.37. The van der Waals surface area contributed by atoms with Crippen molar-refractivity contribution in [3.63, 3.8) is 0 Å². The SMILES string of the molecule is O=C(N[C@H]1C[C@H]2CO[C@@H](CCO)CN2C1)c1ccc2nccnc2c1. The molecule has 25 heavy (non-hydrogen) atoms. The maximum Gasteiger partial charge on any atom is 0.251 e. The summed E-state index contributed by atoms with van der Waals surface area (Å²) in [5, 5.41) is 12.2. The van der Waals surface area contributed by atoms with E-state index in [9.17, 15) is 4.79 Å². The molecule has 1 amide bonds. The fourth-order valence-corrected chi connectivity index (χ4v) is 3.74. The number of aliphatic hydroxyl groups excluding tert-OH is 1. The van der Waals surface area contributed by atoms with E-state index in [2.05, 4.69) is 20.2 Å². The number of hydrogen-bond acceptors (Lipinski definition) is 6. The van der Waals surface area contributed by atoms with Gasteiger partial charge in [0.1, 0.15) is 0 Å². The van der Waals surface area contributed by atoms with Crippen molar-refractivity contribution in [2.75, 3.05) is 26.3 Å². The Balaban J connectivity index is 1.39. The molecule has 0 bridgehead atoms. The van der Waals surface area contributed by atoms with Crippen molar-refractivity contribution in [2.24, 2.45) is 0 Å². The molecule has 4 rings (SSSR count). The molecule has 0 aliphatic carbocycles. The minimum Gasteiger partial charge on any atom is -0.396 e. The van der Waals surface area contributed by atoms with Crippen molar-refractivity contribution in [2.45, 2.75) is 31.0 Å². The average molecular weight is 342 g/mol. The molecule has 2 aliphatic rings. The first-order chi connectivity index (χ1) is 12.2. The largest absolute Gasteiger partial charge is 0.396 e. The molecular formula is C18H22N4O3. The minimum absolute atomic E-state index is 0.0785. The first-order valence-electron chi connectivity index (χ1n) is 8.71. The summed E-state index contributed by atoms with van der Waals surface area (Å²) in [5.74, 6) is -0.0785. The van der Waals surface area contributed by atoms with Gasteiger partial charge < -0.3 is 15.2 Å². The number of nitrogens with one attached hydrogen (secondary N) is 1. The Morgan fingerprint density at radius 3 is 2.96 bits per heavy atom. The molecule has 2 N–H and O–H groups in total. The van der Waals surface area contributed by atoms with Crippen LogP contribution in [0.3, 0.4) is 0 Å². The van der Waals surface area contributed by atoms with Gasteiger partial charge in [-0.2, -0.15) is 0 Å². The van der Waals surface area contributed by atoms with Gasteiger partial charge >= 0.3 is 0 Å². The number of hydrogen-bond donors (Lipinski definition) is 2. The van der Waals surface area contributed by atoms with Crippen molar-refractivity contribution in [1.29, 1.82) is 0 Å². The molecule has 1 aromatic carbocycles. The third-order valence-electron chi connectivity index (χ3n) is 5.01. The molecule has 0 saturated carbocycles. The number of rotatable bonds is 4. The lowest BCUT2D eigenvalue weighted by Crippen LogP contribution is -2.46. The summed E-state index contributed by atoms with van der Waals surface area (Å²) < 4.78 is 5.79.